The Balaban J connectivity index is 2.28. The zero-order valence-corrected chi connectivity index (χ0v) is 21.1. The van der Waals surface area contributed by atoms with Gasteiger partial charge in [-0.25, -0.2) is 9.18 Å². The van der Waals surface area contributed by atoms with Crippen LogP contribution in [0.25, 0.3) is 0 Å². The summed E-state index contributed by atoms with van der Waals surface area (Å²) in [4.78, 5) is 39.2. The largest absolute Gasteiger partial charge is 0.469 e. The highest BCUT2D eigenvalue weighted by atomic mass is 19.1. The van der Waals surface area contributed by atoms with E-state index >= 15 is 0 Å². The summed E-state index contributed by atoms with van der Waals surface area (Å²) < 4.78 is 25.1. The summed E-state index contributed by atoms with van der Waals surface area (Å²) in [5, 5.41) is 13.8. The van der Waals surface area contributed by atoms with Gasteiger partial charge in [0.1, 0.15) is 11.4 Å². The number of hydrogen-bond donors (Lipinski definition) is 2. The van der Waals surface area contributed by atoms with E-state index in [1.54, 1.807) is 46.4 Å². The van der Waals surface area contributed by atoms with Crippen molar-refractivity contribution in [2.75, 3.05) is 25.5 Å². The Hall–Kier alpha value is -2.68. The molecule has 1 aliphatic heterocycles. The van der Waals surface area contributed by atoms with E-state index in [0.717, 1.165) is 0 Å². The number of aliphatic hydroxyl groups is 1. The van der Waals surface area contributed by atoms with Crippen LogP contribution in [0.2, 0.25) is 0 Å². The van der Waals surface area contributed by atoms with Crippen LogP contribution in [0.3, 0.4) is 0 Å². The summed E-state index contributed by atoms with van der Waals surface area (Å²) in [6.07, 6.45) is -1.00. The second-order valence-corrected chi connectivity index (χ2v) is 10.7. The highest BCUT2D eigenvalue weighted by molar-refractivity contribution is 5.95. The number of esters is 1. The van der Waals surface area contributed by atoms with Crippen molar-refractivity contribution in [1.29, 1.82) is 0 Å². The first-order chi connectivity index (χ1) is 15.7. The molecule has 34 heavy (non-hydrogen) atoms. The molecule has 2 atom stereocenters. The minimum atomic E-state index is -1.42. The van der Waals surface area contributed by atoms with Gasteiger partial charge in [0.15, 0.2) is 0 Å². The number of anilines is 1. The molecule has 0 saturated carbocycles. The number of nitrogens with one attached hydrogen (secondary N) is 1. The van der Waals surface area contributed by atoms with Gasteiger partial charge in [-0.1, -0.05) is 32.9 Å². The van der Waals surface area contributed by atoms with Gasteiger partial charge in [-0.2, -0.15) is 0 Å². The smallest absolute Gasteiger partial charge is 0.410 e. The Morgan fingerprint density at radius 1 is 1.12 bits per heavy atom. The molecule has 1 saturated heterocycles. The molecule has 1 heterocycles. The first kappa shape index (κ1) is 27.6. The number of piperidine rings is 1. The van der Waals surface area contributed by atoms with Gasteiger partial charge in [-0.15, -0.1) is 0 Å². The fraction of sp³-hybridized carbons (Fsp3) is 0.640. The summed E-state index contributed by atoms with van der Waals surface area (Å²) in [5.74, 6) is -3.10. The zero-order chi connectivity index (χ0) is 25.8. The maximum absolute atomic E-state index is 14.7. The van der Waals surface area contributed by atoms with Crippen LogP contribution in [0.1, 0.15) is 66.1 Å². The SMILES string of the molecule is COC(=O)[C@H](C1CCN(C(=O)OC(C)(C)C)CC1)[C@@H](O)c1cccc(F)c1NC(=O)C(C)(C)C. The molecule has 2 N–H and O–H groups in total. The maximum Gasteiger partial charge on any atom is 0.410 e. The van der Waals surface area contributed by atoms with Crippen LogP contribution in [-0.4, -0.2) is 53.8 Å². The first-order valence-corrected chi connectivity index (χ1v) is 11.5. The van der Waals surface area contributed by atoms with Gasteiger partial charge in [-0.05, 0) is 45.6 Å². The van der Waals surface area contributed by atoms with Crippen molar-refractivity contribution < 1.29 is 33.4 Å². The van der Waals surface area contributed by atoms with Crippen molar-refractivity contribution in [2.24, 2.45) is 17.3 Å². The van der Waals surface area contributed by atoms with Gasteiger partial charge < -0.3 is 24.8 Å². The molecule has 1 aliphatic rings. The molecule has 0 radical (unpaired) electrons. The van der Waals surface area contributed by atoms with Gasteiger partial charge in [0.25, 0.3) is 0 Å². The van der Waals surface area contributed by atoms with Gasteiger partial charge in [0, 0.05) is 24.1 Å². The molecule has 0 unspecified atom stereocenters. The predicted octanol–water partition coefficient (Wildman–Crippen LogP) is 4.28. The lowest BCUT2D eigenvalue weighted by atomic mass is 9.78. The van der Waals surface area contributed by atoms with E-state index in [-0.39, 0.29) is 17.2 Å². The normalized spacial score (nSPS) is 17.0. The molecular weight excluding hydrogens is 443 g/mol. The average molecular weight is 481 g/mol. The number of amides is 2. The van der Waals surface area contributed by atoms with Crippen LogP contribution in [0, 0.1) is 23.1 Å². The van der Waals surface area contributed by atoms with Crippen LogP contribution in [-0.2, 0) is 19.1 Å². The number of ether oxygens (including phenoxy) is 2. The van der Waals surface area contributed by atoms with Gasteiger partial charge in [0.05, 0.1) is 24.8 Å². The van der Waals surface area contributed by atoms with Crippen molar-refractivity contribution in [3.8, 4) is 0 Å². The highest BCUT2D eigenvalue weighted by Gasteiger charge is 2.40. The molecule has 0 spiro atoms. The molecule has 1 fully saturated rings. The lowest BCUT2D eigenvalue weighted by Crippen LogP contribution is -2.44. The van der Waals surface area contributed by atoms with Crippen LogP contribution in [0.15, 0.2) is 18.2 Å². The molecule has 1 aromatic rings. The third-order valence-corrected chi connectivity index (χ3v) is 5.80. The monoisotopic (exact) mass is 480 g/mol. The van der Waals surface area contributed by atoms with E-state index in [2.05, 4.69) is 5.32 Å². The quantitative estimate of drug-likeness (QED) is 0.610. The van der Waals surface area contributed by atoms with E-state index in [1.807, 2.05) is 0 Å². The number of carbonyl (C=O) groups excluding carboxylic acids is 3. The number of para-hydroxylation sites is 1. The molecule has 190 valence electrons. The first-order valence-electron chi connectivity index (χ1n) is 11.5. The average Bonchev–Trinajstić information content (AvgIpc) is 2.73. The number of methoxy groups -OCH3 is 1. The Morgan fingerprint density at radius 2 is 1.71 bits per heavy atom. The summed E-state index contributed by atoms with van der Waals surface area (Å²) in [7, 11) is 1.23. The summed E-state index contributed by atoms with van der Waals surface area (Å²) in [5.41, 5.74) is -1.47. The molecule has 1 aromatic carbocycles. The fourth-order valence-electron chi connectivity index (χ4n) is 3.90. The second kappa shape index (κ2) is 10.7. The number of aliphatic hydroxyl groups excluding tert-OH is 1. The lowest BCUT2D eigenvalue weighted by molar-refractivity contribution is -0.153. The van der Waals surface area contributed by atoms with Crippen LogP contribution in [0.4, 0.5) is 14.9 Å². The molecular formula is C25H37FN2O6. The van der Waals surface area contributed by atoms with Crippen molar-refractivity contribution in [1.82, 2.24) is 4.90 Å². The molecule has 0 aliphatic carbocycles. The van der Waals surface area contributed by atoms with Crippen LogP contribution >= 0.6 is 0 Å². The van der Waals surface area contributed by atoms with E-state index in [9.17, 15) is 23.9 Å². The topological polar surface area (TPSA) is 105 Å². The van der Waals surface area contributed by atoms with Crippen molar-refractivity contribution >= 4 is 23.7 Å². The number of carbonyl (C=O) groups is 3. The number of rotatable bonds is 5. The van der Waals surface area contributed by atoms with E-state index in [0.29, 0.717) is 25.9 Å². The summed E-state index contributed by atoms with van der Waals surface area (Å²) in [6.45, 7) is 11.1. The number of nitrogens with zero attached hydrogens (tertiary/aromatic N) is 1. The minimum absolute atomic E-state index is 0.0996. The van der Waals surface area contributed by atoms with Crippen molar-refractivity contribution in [3.05, 3.63) is 29.6 Å². The van der Waals surface area contributed by atoms with Crippen molar-refractivity contribution in [3.63, 3.8) is 0 Å². The molecule has 2 amide bonds. The maximum atomic E-state index is 14.7. The fourth-order valence-corrected chi connectivity index (χ4v) is 3.90. The van der Waals surface area contributed by atoms with Gasteiger partial charge in [0.2, 0.25) is 5.91 Å². The third kappa shape index (κ3) is 6.91. The number of benzene rings is 1. The van der Waals surface area contributed by atoms with Gasteiger partial charge in [-0.3, -0.25) is 9.59 Å². The van der Waals surface area contributed by atoms with Gasteiger partial charge >= 0.3 is 12.1 Å². The Kier molecular flexibility index (Phi) is 8.69. The standard InChI is InChI=1S/C25H37FN2O6/c1-24(2,3)22(31)27-19-16(9-8-10-17(19)26)20(29)18(21(30)33-7)15-11-13-28(14-12-15)23(32)34-25(4,5)6/h8-10,15,18,20,29H,11-14H2,1-7H3,(H,27,31)/t18-,20+/m1/s1. The number of likely N-dealkylation sites (tertiary alicyclic amines) is 1. The Morgan fingerprint density at radius 3 is 2.21 bits per heavy atom. The predicted molar refractivity (Wildman–Crippen MR) is 125 cm³/mol. The van der Waals surface area contributed by atoms with E-state index < -0.39 is 46.8 Å². The van der Waals surface area contributed by atoms with Crippen molar-refractivity contribution in [2.45, 2.75) is 66.1 Å². The van der Waals surface area contributed by atoms with E-state index in [1.165, 1.54) is 25.3 Å². The van der Waals surface area contributed by atoms with Crippen LogP contribution < -0.4 is 5.32 Å². The number of halogens is 1. The molecule has 9 heteroatoms. The molecule has 0 bridgehead atoms. The van der Waals surface area contributed by atoms with Crippen LogP contribution in [0.5, 0.6) is 0 Å². The zero-order valence-electron chi connectivity index (χ0n) is 21.1. The Bertz CT molecular complexity index is 898. The molecule has 2 rings (SSSR count). The lowest BCUT2D eigenvalue weighted by Gasteiger charge is -2.37. The third-order valence-electron chi connectivity index (χ3n) is 5.80. The second-order valence-electron chi connectivity index (χ2n) is 10.7. The Labute approximate surface area is 200 Å². The van der Waals surface area contributed by atoms with E-state index in [4.69, 9.17) is 9.47 Å². The molecule has 8 nitrogen and oxygen atoms in total. The minimum Gasteiger partial charge on any atom is -0.469 e. The number of hydrogen-bond acceptors (Lipinski definition) is 6. The highest BCUT2D eigenvalue weighted by Crippen LogP contribution is 2.39. The summed E-state index contributed by atoms with van der Waals surface area (Å²) in [6, 6.07) is 4.08. The summed E-state index contributed by atoms with van der Waals surface area (Å²) >= 11 is 0. The molecule has 0 aromatic heterocycles.